The van der Waals surface area contributed by atoms with Crippen molar-refractivity contribution in [3.63, 3.8) is 0 Å². The molecule has 7 nitrogen and oxygen atoms in total. The number of ketones is 1. The van der Waals surface area contributed by atoms with Gasteiger partial charge in [0, 0.05) is 11.1 Å². The van der Waals surface area contributed by atoms with Crippen molar-refractivity contribution in [2.45, 2.75) is 12.5 Å². The predicted molar refractivity (Wildman–Crippen MR) is 112 cm³/mol. The lowest BCUT2D eigenvalue weighted by Gasteiger charge is -2.19. The Kier molecular flexibility index (Phi) is 6.17. The van der Waals surface area contributed by atoms with E-state index in [9.17, 15) is 24.6 Å². The molecule has 3 aromatic carbocycles. The number of carbonyl (C=O) groups excluding carboxylic acids is 2. The first-order chi connectivity index (χ1) is 14.8. The van der Waals surface area contributed by atoms with E-state index in [4.69, 9.17) is 9.47 Å². The summed E-state index contributed by atoms with van der Waals surface area (Å²) in [7, 11) is 1.53. The van der Waals surface area contributed by atoms with Gasteiger partial charge < -0.3 is 19.7 Å². The second-order valence-corrected chi connectivity index (χ2v) is 6.94. The van der Waals surface area contributed by atoms with Crippen LogP contribution in [0.25, 0.3) is 0 Å². The molecular formula is C24H20O7. The van der Waals surface area contributed by atoms with Crippen LogP contribution in [0.2, 0.25) is 0 Å². The van der Waals surface area contributed by atoms with Crippen LogP contribution in [0.4, 0.5) is 0 Å². The summed E-state index contributed by atoms with van der Waals surface area (Å²) in [5.41, 5.74) is -1.08. The van der Waals surface area contributed by atoms with Crippen LogP contribution in [-0.4, -0.2) is 35.4 Å². The highest BCUT2D eigenvalue weighted by Gasteiger charge is 2.32. The molecule has 0 aliphatic heterocycles. The van der Waals surface area contributed by atoms with Crippen LogP contribution in [0.1, 0.15) is 38.8 Å². The molecule has 3 rings (SSSR count). The summed E-state index contributed by atoms with van der Waals surface area (Å²) in [6.07, 6.45) is 0.567. The molecule has 2 N–H and O–H groups in total. The number of rotatable bonds is 8. The summed E-state index contributed by atoms with van der Waals surface area (Å²) in [5.74, 6) is -0.626. The molecule has 0 bridgehead atoms. The standard InChI is InChI=1S/C24H20O7/c1-24(29,23(27)28)18-4-3-5-20(13-18)31-21-11-8-16(12-17(21)14-25)22(26)15-6-9-19(30-2)10-7-15/h3-14,29H,1-2H3,(H,27,28)/t24-/m1/s1. The minimum absolute atomic E-state index is 0.122. The van der Waals surface area contributed by atoms with Crippen molar-refractivity contribution >= 4 is 18.0 Å². The summed E-state index contributed by atoms with van der Waals surface area (Å²) >= 11 is 0. The zero-order valence-electron chi connectivity index (χ0n) is 16.9. The summed E-state index contributed by atoms with van der Waals surface area (Å²) in [6, 6.07) is 17.0. The first kappa shape index (κ1) is 21.7. The van der Waals surface area contributed by atoms with Crippen LogP contribution >= 0.6 is 0 Å². The molecular weight excluding hydrogens is 400 g/mol. The number of aliphatic hydroxyl groups is 1. The highest BCUT2D eigenvalue weighted by atomic mass is 16.5. The quantitative estimate of drug-likeness (QED) is 0.421. The Labute approximate surface area is 178 Å². The van der Waals surface area contributed by atoms with Gasteiger partial charge in [-0.2, -0.15) is 0 Å². The van der Waals surface area contributed by atoms with Gasteiger partial charge in [0.25, 0.3) is 0 Å². The number of hydrogen-bond acceptors (Lipinski definition) is 6. The highest BCUT2D eigenvalue weighted by molar-refractivity contribution is 6.09. The fraction of sp³-hybridized carbons (Fsp3) is 0.125. The average molecular weight is 420 g/mol. The first-order valence-corrected chi connectivity index (χ1v) is 9.28. The minimum atomic E-state index is -2.10. The Balaban J connectivity index is 1.88. The van der Waals surface area contributed by atoms with Crippen molar-refractivity contribution in [1.82, 2.24) is 0 Å². The third kappa shape index (κ3) is 4.62. The summed E-state index contributed by atoms with van der Waals surface area (Å²) in [5, 5.41) is 19.3. The molecule has 0 amide bonds. The van der Waals surface area contributed by atoms with E-state index >= 15 is 0 Å². The third-order valence-corrected chi connectivity index (χ3v) is 4.79. The van der Waals surface area contributed by atoms with Gasteiger partial charge in [-0.05, 0) is 67.1 Å². The maximum absolute atomic E-state index is 12.7. The lowest BCUT2D eigenvalue weighted by molar-refractivity contribution is -0.157. The molecule has 0 unspecified atom stereocenters. The summed E-state index contributed by atoms with van der Waals surface area (Å²) in [4.78, 5) is 35.6. The SMILES string of the molecule is COc1ccc(C(=O)c2ccc(Oc3cccc([C@@](C)(O)C(=O)O)c3)c(C=O)c2)cc1. The molecule has 0 aliphatic carbocycles. The molecule has 31 heavy (non-hydrogen) atoms. The zero-order chi connectivity index (χ0) is 22.6. The number of aliphatic carboxylic acids is 1. The molecule has 0 saturated carbocycles. The van der Waals surface area contributed by atoms with Gasteiger partial charge in [-0.15, -0.1) is 0 Å². The summed E-state index contributed by atoms with van der Waals surface area (Å²) < 4.78 is 10.8. The number of carboxylic acids is 1. The Morgan fingerprint density at radius 2 is 1.61 bits per heavy atom. The lowest BCUT2D eigenvalue weighted by Crippen LogP contribution is -2.31. The van der Waals surface area contributed by atoms with Crippen molar-refractivity contribution in [3.05, 3.63) is 89.0 Å². The van der Waals surface area contributed by atoms with Crippen LogP contribution in [0.15, 0.2) is 66.7 Å². The zero-order valence-corrected chi connectivity index (χ0v) is 16.9. The second-order valence-electron chi connectivity index (χ2n) is 6.94. The largest absolute Gasteiger partial charge is 0.497 e. The van der Waals surface area contributed by atoms with E-state index in [1.54, 1.807) is 30.3 Å². The molecule has 0 heterocycles. The smallest absolute Gasteiger partial charge is 0.340 e. The van der Waals surface area contributed by atoms with Crippen molar-refractivity contribution in [3.8, 4) is 17.2 Å². The van der Waals surface area contributed by atoms with E-state index in [2.05, 4.69) is 0 Å². The average Bonchev–Trinajstić information content (AvgIpc) is 2.79. The third-order valence-electron chi connectivity index (χ3n) is 4.79. The number of benzene rings is 3. The van der Waals surface area contributed by atoms with Crippen molar-refractivity contribution < 1.29 is 34.1 Å². The minimum Gasteiger partial charge on any atom is -0.497 e. The van der Waals surface area contributed by atoms with E-state index in [0.29, 0.717) is 23.2 Å². The molecule has 0 radical (unpaired) electrons. The number of aldehydes is 1. The number of carbonyl (C=O) groups is 3. The Bertz CT molecular complexity index is 1130. The van der Waals surface area contributed by atoms with Gasteiger partial charge in [-0.3, -0.25) is 9.59 Å². The molecule has 158 valence electrons. The number of ether oxygens (including phenoxy) is 2. The maximum atomic E-state index is 12.7. The van der Waals surface area contributed by atoms with Crippen LogP contribution in [-0.2, 0) is 10.4 Å². The second kappa shape index (κ2) is 8.81. The molecule has 7 heteroatoms. The van der Waals surface area contributed by atoms with Gasteiger partial charge in [0.15, 0.2) is 17.7 Å². The maximum Gasteiger partial charge on any atom is 0.340 e. The molecule has 0 aromatic heterocycles. The fourth-order valence-electron chi connectivity index (χ4n) is 2.90. The predicted octanol–water partition coefficient (Wildman–Crippen LogP) is 3.82. The van der Waals surface area contributed by atoms with Crippen molar-refractivity contribution in [1.29, 1.82) is 0 Å². The van der Waals surface area contributed by atoms with Crippen LogP contribution < -0.4 is 9.47 Å². The van der Waals surface area contributed by atoms with Crippen molar-refractivity contribution in [2.75, 3.05) is 7.11 Å². The van der Waals surface area contributed by atoms with E-state index < -0.39 is 11.6 Å². The number of carboxylic acid groups (broad SMARTS) is 1. The Morgan fingerprint density at radius 3 is 2.23 bits per heavy atom. The summed E-state index contributed by atoms with van der Waals surface area (Å²) in [6.45, 7) is 1.16. The monoisotopic (exact) mass is 420 g/mol. The lowest BCUT2D eigenvalue weighted by atomic mass is 9.96. The van der Waals surface area contributed by atoms with Crippen LogP contribution in [0.3, 0.4) is 0 Å². The molecule has 0 fully saturated rings. The molecule has 0 spiro atoms. The Hall–Kier alpha value is -3.97. The Morgan fingerprint density at radius 1 is 0.935 bits per heavy atom. The molecule has 0 saturated heterocycles. The number of hydrogen-bond donors (Lipinski definition) is 2. The van der Waals surface area contributed by atoms with Gasteiger partial charge in [-0.1, -0.05) is 12.1 Å². The highest BCUT2D eigenvalue weighted by Crippen LogP contribution is 2.30. The van der Waals surface area contributed by atoms with Gasteiger partial charge in [0.2, 0.25) is 0 Å². The van der Waals surface area contributed by atoms with Crippen LogP contribution in [0.5, 0.6) is 17.2 Å². The van der Waals surface area contributed by atoms with Crippen molar-refractivity contribution in [2.24, 2.45) is 0 Å². The molecule has 3 aromatic rings. The van der Waals surface area contributed by atoms with E-state index in [1.807, 2.05) is 0 Å². The fourth-order valence-corrected chi connectivity index (χ4v) is 2.90. The molecule has 1 atom stereocenters. The van der Waals surface area contributed by atoms with E-state index in [0.717, 1.165) is 6.92 Å². The normalized spacial score (nSPS) is 12.5. The van der Waals surface area contributed by atoms with Gasteiger partial charge in [0.1, 0.15) is 17.2 Å². The van der Waals surface area contributed by atoms with Crippen LogP contribution in [0, 0.1) is 0 Å². The van der Waals surface area contributed by atoms with E-state index in [-0.39, 0.29) is 28.4 Å². The number of methoxy groups -OCH3 is 1. The van der Waals surface area contributed by atoms with Gasteiger partial charge in [-0.25, -0.2) is 4.79 Å². The van der Waals surface area contributed by atoms with Gasteiger partial charge >= 0.3 is 5.97 Å². The van der Waals surface area contributed by atoms with E-state index in [1.165, 1.54) is 43.5 Å². The van der Waals surface area contributed by atoms with Gasteiger partial charge in [0.05, 0.1) is 12.7 Å². The topological polar surface area (TPSA) is 110 Å². The first-order valence-electron chi connectivity index (χ1n) is 9.28. The molecule has 0 aliphatic rings.